The Morgan fingerprint density at radius 1 is 1.10 bits per heavy atom. The van der Waals surface area contributed by atoms with Crippen molar-refractivity contribution in [2.75, 3.05) is 6.61 Å². The van der Waals surface area contributed by atoms with Crippen LogP contribution < -0.4 is 11.2 Å². The molecule has 168 valence electrons. The van der Waals surface area contributed by atoms with Crippen LogP contribution >= 0.6 is 0 Å². The van der Waals surface area contributed by atoms with Crippen molar-refractivity contribution in [3.63, 3.8) is 0 Å². The molecule has 0 spiro atoms. The van der Waals surface area contributed by atoms with Crippen molar-refractivity contribution in [1.29, 1.82) is 0 Å². The molecule has 0 aliphatic carbocycles. The average molecular weight is 446 g/mol. The van der Waals surface area contributed by atoms with Crippen molar-refractivity contribution in [3.05, 3.63) is 57.1 Å². The van der Waals surface area contributed by atoms with Gasteiger partial charge in [0.1, 0.15) is 5.82 Å². The molecule has 0 saturated heterocycles. The van der Waals surface area contributed by atoms with Crippen LogP contribution in [0.15, 0.2) is 40.1 Å². The Balaban J connectivity index is 2.04. The van der Waals surface area contributed by atoms with Crippen molar-refractivity contribution < 1.29 is 8.82 Å². The zero-order valence-electron chi connectivity index (χ0n) is 19.5. The molecule has 0 radical (unpaired) electrons. The molecule has 0 amide bonds. The molecule has 0 N–H and O–H groups in total. The third-order valence-electron chi connectivity index (χ3n) is 6.42. The average Bonchev–Trinajstić information content (AvgIpc) is 3.07. The molecule has 2 aromatic heterocycles. The van der Waals surface area contributed by atoms with Crippen LogP contribution in [0, 0.1) is 5.82 Å². The van der Waals surface area contributed by atoms with E-state index in [9.17, 15) is 14.0 Å². The molecule has 3 rings (SSSR count). The first-order valence-electron chi connectivity index (χ1n) is 10.5. The monoisotopic (exact) mass is 445 g/mol. The molecule has 3 aromatic rings. The first-order chi connectivity index (χ1) is 14.3. The Morgan fingerprint density at radius 3 is 2.39 bits per heavy atom. The van der Waals surface area contributed by atoms with Crippen LogP contribution in [0.1, 0.15) is 27.2 Å². The quantitative estimate of drug-likeness (QED) is 0.421. The second-order valence-electron chi connectivity index (χ2n) is 9.61. The van der Waals surface area contributed by atoms with E-state index in [-0.39, 0.29) is 22.1 Å². The number of hydrogen-bond donors (Lipinski definition) is 0. The molecule has 0 fully saturated rings. The number of fused-ring (bicyclic) bond motifs is 1. The number of benzene rings is 1. The predicted molar refractivity (Wildman–Crippen MR) is 126 cm³/mol. The van der Waals surface area contributed by atoms with Gasteiger partial charge in [0.25, 0.3) is 5.56 Å². The number of nitrogens with zero attached hydrogens (tertiary/aromatic N) is 3. The Hall–Kier alpha value is -2.45. The first-order valence-corrected chi connectivity index (χ1v) is 13.4. The highest BCUT2D eigenvalue weighted by atomic mass is 28.4. The van der Waals surface area contributed by atoms with E-state index in [0.717, 1.165) is 11.0 Å². The van der Waals surface area contributed by atoms with E-state index in [1.807, 2.05) is 10.8 Å². The van der Waals surface area contributed by atoms with Crippen LogP contribution in [0.2, 0.25) is 18.1 Å². The molecule has 0 atom stereocenters. The maximum absolute atomic E-state index is 14.0. The van der Waals surface area contributed by atoms with Gasteiger partial charge in [0.2, 0.25) is 0 Å². The summed E-state index contributed by atoms with van der Waals surface area (Å²) < 4.78 is 24.8. The number of aromatic nitrogens is 3. The number of rotatable bonds is 6. The van der Waals surface area contributed by atoms with Gasteiger partial charge in [0.15, 0.2) is 8.32 Å². The molecule has 8 heteroatoms. The largest absolute Gasteiger partial charge is 0.417 e. The summed E-state index contributed by atoms with van der Waals surface area (Å²) in [6, 6.07) is 6.20. The lowest BCUT2D eigenvalue weighted by atomic mass is 10.1. The van der Waals surface area contributed by atoms with Crippen molar-refractivity contribution >= 4 is 19.2 Å². The molecule has 1 aromatic carbocycles. The van der Waals surface area contributed by atoms with Gasteiger partial charge in [0, 0.05) is 39.0 Å². The second-order valence-corrected chi connectivity index (χ2v) is 14.4. The number of halogens is 1. The SMILES string of the molecule is Cn1c(=O)c2c(-c3cccc(F)c3)n(CCCO[Si](C)(C)C(C)(C)C)cc2n(C)c1=O. The van der Waals surface area contributed by atoms with Gasteiger partial charge in [-0.15, -0.1) is 0 Å². The molecule has 0 aliphatic heterocycles. The minimum absolute atomic E-state index is 0.131. The van der Waals surface area contributed by atoms with Crippen molar-refractivity contribution in [3.8, 4) is 11.3 Å². The lowest BCUT2D eigenvalue weighted by Gasteiger charge is -2.36. The topological polar surface area (TPSA) is 58.2 Å². The van der Waals surface area contributed by atoms with Crippen LogP contribution in [0.5, 0.6) is 0 Å². The Morgan fingerprint density at radius 2 is 1.77 bits per heavy atom. The first kappa shape index (κ1) is 23.2. The molecule has 0 unspecified atom stereocenters. The Labute approximate surface area is 183 Å². The van der Waals surface area contributed by atoms with Gasteiger partial charge in [-0.2, -0.15) is 0 Å². The van der Waals surface area contributed by atoms with E-state index in [0.29, 0.717) is 35.3 Å². The lowest BCUT2D eigenvalue weighted by Crippen LogP contribution is -2.41. The van der Waals surface area contributed by atoms with Crippen LogP contribution in [0.4, 0.5) is 4.39 Å². The molecule has 0 saturated carbocycles. The van der Waals surface area contributed by atoms with Gasteiger partial charge in [-0.25, -0.2) is 9.18 Å². The van der Waals surface area contributed by atoms with Gasteiger partial charge < -0.3 is 8.99 Å². The molecule has 0 bridgehead atoms. The van der Waals surface area contributed by atoms with E-state index in [4.69, 9.17) is 4.43 Å². The van der Waals surface area contributed by atoms with Crippen molar-refractivity contribution in [1.82, 2.24) is 13.7 Å². The fourth-order valence-electron chi connectivity index (χ4n) is 3.49. The van der Waals surface area contributed by atoms with Gasteiger partial charge in [-0.3, -0.25) is 13.9 Å². The highest BCUT2D eigenvalue weighted by Gasteiger charge is 2.36. The summed E-state index contributed by atoms with van der Waals surface area (Å²) in [6.45, 7) is 12.2. The third-order valence-corrected chi connectivity index (χ3v) is 11.0. The summed E-state index contributed by atoms with van der Waals surface area (Å²) >= 11 is 0. The summed E-state index contributed by atoms with van der Waals surface area (Å²) in [5, 5.41) is 0.548. The predicted octanol–water partition coefficient (Wildman–Crippen LogP) is 4.26. The van der Waals surface area contributed by atoms with E-state index in [2.05, 4.69) is 33.9 Å². The van der Waals surface area contributed by atoms with Gasteiger partial charge in [0.05, 0.1) is 16.6 Å². The van der Waals surface area contributed by atoms with E-state index < -0.39 is 8.32 Å². The van der Waals surface area contributed by atoms with E-state index in [1.54, 1.807) is 19.2 Å². The number of aryl methyl sites for hydroxylation is 2. The maximum atomic E-state index is 14.0. The highest BCUT2D eigenvalue weighted by molar-refractivity contribution is 6.74. The molecule has 31 heavy (non-hydrogen) atoms. The lowest BCUT2D eigenvalue weighted by molar-refractivity contribution is 0.275. The molecule has 2 heterocycles. The second kappa shape index (κ2) is 8.24. The standard InChI is InChI=1S/C23H32FN3O3Si/c1-23(2,3)31(6,7)30-13-9-12-27-15-18-19(21(28)26(5)22(29)25(18)4)20(27)16-10-8-11-17(24)14-16/h8,10-11,14-15H,9,12-13H2,1-7H3. The van der Waals surface area contributed by atoms with Crippen LogP contribution in [-0.4, -0.2) is 28.6 Å². The molecule has 0 aliphatic rings. The maximum Gasteiger partial charge on any atom is 0.330 e. The fourth-order valence-corrected chi connectivity index (χ4v) is 4.58. The third kappa shape index (κ3) is 4.32. The minimum Gasteiger partial charge on any atom is -0.417 e. The van der Waals surface area contributed by atoms with Crippen LogP contribution in [0.3, 0.4) is 0 Å². The normalized spacial score (nSPS) is 12.6. The fraction of sp³-hybridized carbons (Fsp3) is 0.478. The zero-order chi connectivity index (χ0) is 23.1. The number of hydrogen-bond acceptors (Lipinski definition) is 3. The van der Waals surface area contributed by atoms with E-state index >= 15 is 0 Å². The Kier molecular flexibility index (Phi) is 6.17. The summed E-state index contributed by atoms with van der Waals surface area (Å²) in [6.07, 6.45) is 2.55. The van der Waals surface area contributed by atoms with Crippen LogP contribution in [-0.2, 0) is 25.1 Å². The van der Waals surface area contributed by atoms with Crippen molar-refractivity contribution in [2.45, 2.75) is 51.9 Å². The highest BCUT2D eigenvalue weighted by Crippen LogP contribution is 2.36. The molecular formula is C23H32FN3O3Si. The molecule has 6 nitrogen and oxygen atoms in total. The summed E-state index contributed by atoms with van der Waals surface area (Å²) in [5.74, 6) is -0.374. The van der Waals surface area contributed by atoms with Crippen molar-refractivity contribution in [2.24, 2.45) is 14.1 Å². The van der Waals surface area contributed by atoms with Gasteiger partial charge in [-0.05, 0) is 36.7 Å². The van der Waals surface area contributed by atoms with E-state index in [1.165, 1.54) is 23.7 Å². The van der Waals surface area contributed by atoms with Crippen LogP contribution in [0.25, 0.3) is 22.2 Å². The summed E-state index contributed by atoms with van der Waals surface area (Å²) in [7, 11) is 1.26. The van der Waals surface area contributed by atoms with Gasteiger partial charge in [-0.1, -0.05) is 32.9 Å². The van der Waals surface area contributed by atoms with Gasteiger partial charge >= 0.3 is 5.69 Å². The molecular weight excluding hydrogens is 413 g/mol. The summed E-state index contributed by atoms with van der Waals surface area (Å²) in [5.41, 5.74) is 1.00. The minimum atomic E-state index is -1.85. The Bertz CT molecular complexity index is 1230. The smallest absolute Gasteiger partial charge is 0.330 e. The zero-order valence-corrected chi connectivity index (χ0v) is 20.5. The summed E-state index contributed by atoms with van der Waals surface area (Å²) in [4.78, 5) is 25.4.